The van der Waals surface area contributed by atoms with Crippen LogP contribution < -0.4 is 0 Å². The molecule has 0 bridgehead atoms. The molecule has 0 saturated carbocycles. The molecule has 0 N–H and O–H groups in total. The Morgan fingerprint density at radius 1 is 0.500 bits per heavy atom. The van der Waals surface area contributed by atoms with Crippen molar-refractivity contribution >= 4 is 0 Å². The van der Waals surface area contributed by atoms with Crippen LogP contribution in [0.3, 0.4) is 0 Å². The summed E-state index contributed by atoms with van der Waals surface area (Å²) in [5.41, 5.74) is 12.4. The van der Waals surface area contributed by atoms with E-state index in [1.54, 1.807) is 0 Å². The fraction of sp³-hybridized carbons (Fsp3) is 0.0811. The van der Waals surface area contributed by atoms with Crippen LogP contribution in [0.5, 0.6) is 0 Å². The second kappa shape index (κ2) is 13.8. The van der Waals surface area contributed by atoms with E-state index in [9.17, 15) is 0 Å². The molecule has 199 valence electrons. The van der Waals surface area contributed by atoms with Gasteiger partial charge in [-0.2, -0.15) is 0 Å². The van der Waals surface area contributed by atoms with Crippen molar-refractivity contribution in [2.75, 3.05) is 0 Å². The van der Waals surface area contributed by atoms with Gasteiger partial charge in [0.05, 0.1) is 0 Å². The van der Waals surface area contributed by atoms with Crippen molar-refractivity contribution in [3.05, 3.63) is 156 Å². The van der Waals surface area contributed by atoms with Crippen LogP contribution in [0.2, 0.25) is 0 Å². The first kappa shape index (κ1) is 28.8. The van der Waals surface area contributed by atoms with Crippen molar-refractivity contribution < 1.29 is 20.1 Å². The van der Waals surface area contributed by atoms with Gasteiger partial charge >= 0.3 is 0 Å². The minimum atomic E-state index is 0. The Balaban J connectivity index is 0.000000210. The monoisotopic (exact) mass is 695 g/mol. The molecular weight excluding hydrogens is 665 g/mol. The van der Waals surface area contributed by atoms with E-state index in [1.807, 2.05) is 61.8 Å². The molecule has 6 rings (SSSR count). The average Bonchev–Trinajstić information content (AvgIpc) is 2.99. The summed E-state index contributed by atoms with van der Waals surface area (Å²) in [6.07, 6.45) is 3.70. The maximum atomic E-state index is 4.47. The van der Waals surface area contributed by atoms with Gasteiger partial charge in [0.2, 0.25) is 0 Å². The first-order valence-corrected chi connectivity index (χ1v) is 13.1. The van der Waals surface area contributed by atoms with E-state index in [0.717, 1.165) is 22.5 Å². The predicted octanol–water partition coefficient (Wildman–Crippen LogP) is 9.35. The summed E-state index contributed by atoms with van der Waals surface area (Å²) >= 11 is 0. The van der Waals surface area contributed by atoms with Crippen molar-refractivity contribution in [3.8, 4) is 44.8 Å². The van der Waals surface area contributed by atoms with E-state index in [1.165, 1.54) is 38.9 Å². The van der Waals surface area contributed by atoms with Crippen molar-refractivity contribution in [1.29, 1.82) is 0 Å². The molecule has 0 aliphatic rings. The third-order valence-corrected chi connectivity index (χ3v) is 6.46. The van der Waals surface area contributed by atoms with Crippen molar-refractivity contribution in [1.82, 2.24) is 9.97 Å². The van der Waals surface area contributed by atoms with Gasteiger partial charge in [-0.3, -0.25) is 0 Å². The topological polar surface area (TPSA) is 25.8 Å². The van der Waals surface area contributed by atoms with Gasteiger partial charge in [0.25, 0.3) is 0 Å². The summed E-state index contributed by atoms with van der Waals surface area (Å²) in [7, 11) is 0. The molecule has 6 aromatic rings. The van der Waals surface area contributed by atoms with Gasteiger partial charge in [-0.05, 0) is 42.4 Å². The van der Waals surface area contributed by atoms with Gasteiger partial charge in [0.1, 0.15) is 0 Å². The molecule has 2 heterocycles. The third kappa shape index (κ3) is 7.27. The van der Waals surface area contributed by atoms with Crippen LogP contribution in [0, 0.1) is 32.9 Å². The molecule has 0 atom stereocenters. The van der Waals surface area contributed by atoms with Gasteiger partial charge in [0.15, 0.2) is 0 Å². The Morgan fingerprint density at radius 3 is 1.90 bits per heavy atom. The molecular formula is C37H30IrN2-2. The standard InChI is InChI=1S/C24H18N.C13H12N.Ir/c1-18-8-7-11-20(16-18)23-17-21(24-12-5-6-15-25-24)13-14-22(23)19-9-3-2-4-10-19;1-10-3-6-12(7-4-10)13-8-5-11(2)9-14-13;/h2-12,14-17H,1H3;3-6,8-9H,1-2H3;/q2*-1;. The van der Waals surface area contributed by atoms with E-state index >= 15 is 0 Å². The first-order chi connectivity index (χ1) is 19.1. The largest absolute Gasteiger partial charge is 0.305 e. The molecule has 40 heavy (non-hydrogen) atoms. The van der Waals surface area contributed by atoms with Crippen LogP contribution in [-0.4, -0.2) is 9.97 Å². The molecule has 2 aromatic heterocycles. The van der Waals surface area contributed by atoms with Gasteiger partial charge in [-0.1, -0.05) is 108 Å². The molecule has 0 fully saturated rings. The van der Waals surface area contributed by atoms with Crippen LogP contribution >= 0.6 is 0 Å². The van der Waals surface area contributed by atoms with Gasteiger partial charge < -0.3 is 9.97 Å². The van der Waals surface area contributed by atoms with E-state index in [2.05, 4.69) is 109 Å². The number of aromatic nitrogens is 2. The van der Waals surface area contributed by atoms with Crippen molar-refractivity contribution in [2.24, 2.45) is 0 Å². The summed E-state index contributed by atoms with van der Waals surface area (Å²) in [6, 6.07) is 46.2. The maximum absolute atomic E-state index is 4.47. The summed E-state index contributed by atoms with van der Waals surface area (Å²) < 4.78 is 0. The molecule has 2 nitrogen and oxygen atoms in total. The van der Waals surface area contributed by atoms with E-state index in [4.69, 9.17) is 0 Å². The van der Waals surface area contributed by atoms with Crippen LogP contribution in [-0.2, 0) is 20.1 Å². The molecule has 0 spiro atoms. The zero-order chi connectivity index (χ0) is 27.0. The maximum Gasteiger partial charge on any atom is 0.0190 e. The van der Waals surface area contributed by atoms with E-state index in [0.29, 0.717) is 0 Å². The molecule has 1 radical (unpaired) electrons. The molecule has 0 aliphatic carbocycles. The van der Waals surface area contributed by atoms with E-state index in [-0.39, 0.29) is 20.1 Å². The summed E-state index contributed by atoms with van der Waals surface area (Å²) in [6.45, 7) is 6.22. The number of pyridine rings is 2. The van der Waals surface area contributed by atoms with Gasteiger partial charge in [-0.25, -0.2) is 0 Å². The van der Waals surface area contributed by atoms with Crippen LogP contribution in [0.1, 0.15) is 16.7 Å². The van der Waals surface area contributed by atoms with Gasteiger partial charge in [-0.15, -0.1) is 59.2 Å². The predicted molar refractivity (Wildman–Crippen MR) is 162 cm³/mol. The third-order valence-electron chi connectivity index (χ3n) is 6.46. The average molecular weight is 695 g/mol. The van der Waals surface area contributed by atoms with Crippen molar-refractivity contribution in [2.45, 2.75) is 20.8 Å². The molecule has 0 aliphatic heterocycles. The quantitative estimate of drug-likeness (QED) is 0.172. The second-order valence-corrected chi connectivity index (χ2v) is 9.63. The number of rotatable bonds is 4. The fourth-order valence-electron chi connectivity index (χ4n) is 4.36. The molecule has 0 unspecified atom stereocenters. The Bertz CT molecular complexity index is 1600. The summed E-state index contributed by atoms with van der Waals surface area (Å²) in [5, 5.41) is 0. The van der Waals surface area contributed by atoms with Crippen LogP contribution in [0.25, 0.3) is 44.8 Å². The zero-order valence-corrected chi connectivity index (χ0v) is 25.2. The fourth-order valence-corrected chi connectivity index (χ4v) is 4.36. The van der Waals surface area contributed by atoms with E-state index < -0.39 is 0 Å². The number of benzene rings is 4. The number of nitrogens with zero attached hydrogens (tertiary/aromatic N) is 2. The number of hydrogen-bond acceptors (Lipinski definition) is 2. The molecule has 3 heteroatoms. The van der Waals surface area contributed by atoms with Crippen molar-refractivity contribution in [3.63, 3.8) is 0 Å². The molecule has 0 amide bonds. The summed E-state index contributed by atoms with van der Waals surface area (Å²) in [4.78, 5) is 8.82. The molecule has 0 saturated heterocycles. The minimum absolute atomic E-state index is 0. The number of hydrogen-bond donors (Lipinski definition) is 0. The zero-order valence-electron chi connectivity index (χ0n) is 22.9. The minimum Gasteiger partial charge on any atom is -0.305 e. The SMILES string of the molecule is Cc1c[c-]c(-c2ccc(C)cn2)cc1.Cc1cccc(-c2cc(-c3ccccn3)[c-]cc2-c2ccccc2)c1.[Ir]. The second-order valence-electron chi connectivity index (χ2n) is 9.63. The smallest absolute Gasteiger partial charge is 0.0190 e. The molecule has 4 aromatic carbocycles. The van der Waals surface area contributed by atoms with Gasteiger partial charge in [0, 0.05) is 32.5 Å². The Morgan fingerprint density at radius 2 is 1.23 bits per heavy atom. The Labute approximate surface area is 251 Å². The normalized spacial score (nSPS) is 10.2. The Hall–Kier alpha value is -4.17. The number of aryl methyl sites for hydroxylation is 3. The van der Waals surface area contributed by atoms with Crippen LogP contribution in [0.4, 0.5) is 0 Å². The first-order valence-electron chi connectivity index (χ1n) is 13.1. The Kier molecular flexibility index (Phi) is 9.91. The summed E-state index contributed by atoms with van der Waals surface area (Å²) in [5.74, 6) is 0. The van der Waals surface area contributed by atoms with Crippen LogP contribution in [0.15, 0.2) is 128 Å².